The van der Waals surface area contributed by atoms with Crippen LogP contribution in [0.15, 0.2) is 18.2 Å². The number of unbranched alkanes of at least 4 members (excludes halogenated alkanes) is 3. The fourth-order valence-corrected chi connectivity index (χ4v) is 2.98. The molecule has 0 radical (unpaired) electrons. The van der Waals surface area contributed by atoms with Gasteiger partial charge in [-0.1, -0.05) is 52.2 Å². The number of ether oxygens (including phenoxy) is 5. The molecule has 1 rings (SSSR count). The third-order valence-corrected chi connectivity index (χ3v) is 4.94. The molecule has 0 spiro atoms. The lowest BCUT2D eigenvalue weighted by Crippen LogP contribution is -2.20. The molecule has 1 aromatic carbocycles. The molecule has 7 heteroatoms. The van der Waals surface area contributed by atoms with E-state index in [1.807, 2.05) is 6.07 Å². The van der Waals surface area contributed by atoms with Crippen LogP contribution in [0.2, 0.25) is 0 Å². The van der Waals surface area contributed by atoms with E-state index in [0.717, 1.165) is 38.5 Å². The first-order chi connectivity index (χ1) is 16.2. The van der Waals surface area contributed by atoms with Crippen molar-refractivity contribution in [2.24, 2.45) is 0 Å². The molecular weight excluding hydrogens is 424 g/mol. The van der Waals surface area contributed by atoms with Crippen LogP contribution in [-0.2, 0) is 30.1 Å². The molecule has 0 saturated carbocycles. The predicted octanol–water partition coefficient (Wildman–Crippen LogP) is 4.99. The Morgan fingerprint density at radius 2 is 1.15 bits per heavy atom. The molecule has 0 saturated heterocycles. The normalized spacial score (nSPS) is 10.9. The number of benzene rings is 1. The summed E-state index contributed by atoms with van der Waals surface area (Å²) in [5.41, 5.74) is 1.14. The smallest absolute Gasteiger partial charge is 0.339 e. The largest absolute Gasteiger partial charge is 0.460 e. The predicted molar refractivity (Wildman–Crippen MR) is 128 cm³/mol. The average Bonchev–Trinajstić information content (AvgIpc) is 2.82. The Kier molecular flexibility index (Phi) is 17.2. The number of hydrogen-bond donors (Lipinski definition) is 0. The second kappa shape index (κ2) is 19.5. The van der Waals surface area contributed by atoms with Gasteiger partial charge in [0.25, 0.3) is 0 Å². The molecule has 0 atom stereocenters. The second-order valence-electron chi connectivity index (χ2n) is 7.76. The van der Waals surface area contributed by atoms with Gasteiger partial charge < -0.3 is 23.7 Å². The van der Waals surface area contributed by atoms with Crippen molar-refractivity contribution in [3.05, 3.63) is 34.9 Å². The second-order valence-corrected chi connectivity index (χ2v) is 7.76. The minimum Gasteiger partial charge on any atom is -0.460 e. The molecule has 0 N–H and O–H groups in total. The summed E-state index contributed by atoms with van der Waals surface area (Å²) in [7, 11) is 0. The van der Waals surface area contributed by atoms with Crippen LogP contribution in [0.3, 0.4) is 0 Å². The number of esters is 2. The van der Waals surface area contributed by atoms with Gasteiger partial charge in [-0.25, -0.2) is 9.59 Å². The van der Waals surface area contributed by atoms with Crippen molar-refractivity contribution in [3.8, 4) is 0 Å². The first-order valence-electron chi connectivity index (χ1n) is 12.3. The molecule has 0 bridgehead atoms. The summed E-state index contributed by atoms with van der Waals surface area (Å²) in [6.07, 6.45) is 6.57. The maximum Gasteiger partial charge on any atom is 0.339 e. The zero-order valence-corrected chi connectivity index (χ0v) is 20.7. The average molecular weight is 467 g/mol. The maximum atomic E-state index is 12.9. The van der Waals surface area contributed by atoms with E-state index in [1.165, 1.54) is 0 Å². The Hall–Kier alpha value is -1.96. The van der Waals surface area contributed by atoms with E-state index in [-0.39, 0.29) is 24.3 Å². The number of carbonyl (C=O) groups is 2. The van der Waals surface area contributed by atoms with Crippen LogP contribution < -0.4 is 0 Å². The van der Waals surface area contributed by atoms with E-state index in [0.29, 0.717) is 51.6 Å². The summed E-state index contributed by atoms with van der Waals surface area (Å²) in [5, 5.41) is 0. The van der Waals surface area contributed by atoms with Gasteiger partial charge in [0.1, 0.15) is 13.2 Å². The van der Waals surface area contributed by atoms with E-state index >= 15 is 0 Å². The Balaban J connectivity index is 2.78. The molecule has 7 nitrogen and oxygen atoms in total. The Morgan fingerprint density at radius 3 is 1.70 bits per heavy atom. The van der Waals surface area contributed by atoms with Crippen molar-refractivity contribution in [3.63, 3.8) is 0 Å². The topological polar surface area (TPSA) is 80.3 Å². The van der Waals surface area contributed by atoms with Crippen molar-refractivity contribution in [1.29, 1.82) is 0 Å². The molecule has 0 aromatic heterocycles. The third-order valence-electron chi connectivity index (χ3n) is 4.94. The highest BCUT2D eigenvalue weighted by Crippen LogP contribution is 2.19. The molecule has 0 aliphatic carbocycles. The summed E-state index contributed by atoms with van der Waals surface area (Å²) in [6, 6.07) is 5.17. The lowest BCUT2D eigenvalue weighted by molar-refractivity contribution is 0.0275. The molecule has 0 amide bonds. The van der Waals surface area contributed by atoms with E-state index in [9.17, 15) is 9.59 Å². The highest BCUT2D eigenvalue weighted by atomic mass is 16.6. The van der Waals surface area contributed by atoms with Gasteiger partial charge in [-0.15, -0.1) is 0 Å². The van der Waals surface area contributed by atoms with Crippen molar-refractivity contribution >= 4 is 11.9 Å². The van der Waals surface area contributed by atoms with E-state index < -0.39 is 11.9 Å². The van der Waals surface area contributed by atoms with E-state index in [4.69, 9.17) is 23.7 Å². The molecule has 0 aliphatic rings. The number of hydrogen-bond acceptors (Lipinski definition) is 7. The SMILES string of the molecule is CCCCOCCOC(=O)c1cccc(CCOCCCC)c1C(=O)OCCOCCCC. The number of rotatable bonds is 20. The highest BCUT2D eigenvalue weighted by Gasteiger charge is 2.23. The highest BCUT2D eigenvalue weighted by molar-refractivity contribution is 6.04. The van der Waals surface area contributed by atoms with Gasteiger partial charge in [-0.2, -0.15) is 0 Å². The number of carbonyl (C=O) groups excluding carboxylic acids is 2. The zero-order chi connectivity index (χ0) is 24.2. The lowest BCUT2D eigenvalue weighted by atomic mass is 9.99. The fourth-order valence-electron chi connectivity index (χ4n) is 2.98. The van der Waals surface area contributed by atoms with Crippen molar-refractivity contribution in [2.75, 3.05) is 52.9 Å². The first-order valence-corrected chi connectivity index (χ1v) is 12.3. The zero-order valence-electron chi connectivity index (χ0n) is 20.7. The molecule has 0 heterocycles. The van der Waals surface area contributed by atoms with Crippen LogP contribution in [0.1, 0.15) is 85.6 Å². The standard InChI is InChI=1S/C26H42O7/c1-4-7-14-29-17-13-22-11-10-12-23(25(27)32-20-18-30-15-8-5-2)24(22)26(28)33-21-19-31-16-9-6-3/h10-12H,4-9,13-21H2,1-3H3. The fraction of sp³-hybridized carbons (Fsp3) is 0.692. The summed E-state index contributed by atoms with van der Waals surface area (Å²) < 4.78 is 27.3. The van der Waals surface area contributed by atoms with Gasteiger partial charge in [-0.05, 0) is 37.3 Å². The summed E-state index contributed by atoms with van der Waals surface area (Å²) in [6.45, 7) is 9.60. The molecule has 0 unspecified atom stereocenters. The monoisotopic (exact) mass is 466 g/mol. The van der Waals surface area contributed by atoms with Crippen LogP contribution in [0, 0.1) is 0 Å². The summed E-state index contributed by atoms with van der Waals surface area (Å²) >= 11 is 0. The molecule has 188 valence electrons. The van der Waals surface area contributed by atoms with Crippen LogP contribution >= 0.6 is 0 Å². The van der Waals surface area contributed by atoms with Crippen molar-refractivity contribution in [1.82, 2.24) is 0 Å². The van der Waals surface area contributed by atoms with Crippen molar-refractivity contribution < 1.29 is 33.3 Å². The van der Waals surface area contributed by atoms with Crippen LogP contribution in [-0.4, -0.2) is 64.8 Å². The van der Waals surface area contributed by atoms with Gasteiger partial charge in [0.15, 0.2) is 0 Å². The van der Waals surface area contributed by atoms with Crippen LogP contribution in [0.4, 0.5) is 0 Å². The first kappa shape index (κ1) is 29.1. The molecule has 0 fully saturated rings. The van der Waals surface area contributed by atoms with Gasteiger partial charge >= 0.3 is 11.9 Å². The minimum absolute atomic E-state index is 0.129. The van der Waals surface area contributed by atoms with Gasteiger partial charge in [0.2, 0.25) is 0 Å². The summed E-state index contributed by atoms with van der Waals surface area (Å²) in [5.74, 6) is -1.11. The van der Waals surface area contributed by atoms with Gasteiger partial charge in [0, 0.05) is 19.8 Å². The van der Waals surface area contributed by atoms with Crippen LogP contribution in [0.5, 0.6) is 0 Å². The minimum atomic E-state index is -0.561. The molecule has 1 aromatic rings. The Labute approximate surface area is 199 Å². The quantitative estimate of drug-likeness (QED) is 0.198. The molecule has 0 aliphatic heterocycles. The van der Waals surface area contributed by atoms with Gasteiger partial charge in [-0.3, -0.25) is 0 Å². The Bertz CT molecular complexity index is 660. The van der Waals surface area contributed by atoms with E-state index in [1.54, 1.807) is 12.1 Å². The lowest BCUT2D eigenvalue weighted by Gasteiger charge is -2.14. The van der Waals surface area contributed by atoms with E-state index in [2.05, 4.69) is 20.8 Å². The maximum absolute atomic E-state index is 12.9. The Morgan fingerprint density at radius 1 is 0.636 bits per heavy atom. The third kappa shape index (κ3) is 12.8. The molecular formula is C26H42O7. The summed E-state index contributed by atoms with van der Waals surface area (Å²) in [4.78, 5) is 25.6. The molecule has 33 heavy (non-hydrogen) atoms. The van der Waals surface area contributed by atoms with Gasteiger partial charge in [0.05, 0.1) is 30.9 Å². The van der Waals surface area contributed by atoms with Crippen LogP contribution in [0.25, 0.3) is 0 Å². The van der Waals surface area contributed by atoms with Crippen molar-refractivity contribution in [2.45, 2.75) is 65.7 Å².